The number of nitrogens with two attached hydrogens (primary N) is 1. The normalized spacial score (nSPS) is 20.2. The fraction of sp³-hybridized carbons (Fsp3) is 0.400. The van der Waals surface area contributed by atoms with Crippen molar-refractivity contribution in [1.82, 2.24) is 9.88 Å². The zero-order chi connectivity index (χ0) is 13.2. The summed E-state index contributed by atoms with van der Waals surface area (Å²) in [6.07, 6.45) is 4.27. The van der Waals surface area contributed by atoms with Gasteiger partial charge in [-0.25, -0.2) is 0 Å². The Morgan fingerprint density at radius 2 is 2.26 bits per heavy atom. The van der Waals surface area contributed by atoms with E-state index in [-0.39, 0.29) is 0 Å². The van der Waals surface area contributed by atoms with Gasteiger partial charge in [0.1, 0.15) is 0 Å². The number of rotatable bonds is 3. The van der Waals surface area contributed by atoms with Gasteiger partial charge < -0.3 is 5.73 Å². The van der Waals surface area contributed by atoms with Crippen LogP contribution in [0.5, 0.6) is 0 Å². The summed E-state index contributed by atoms with van der Waals surface area (Å²) >= 11 is 6.23. The molecule has 0 aliphatic carbocycles. The topological polar surface area (TPSA) is 42.1 Å². The van der Waals surface area contributed by atoms with Gasteiger partial charge in [0.15, 0.2) is 0 Å². The van der Waals surface area contributed by atoms with Crippen LogP contribution in [0.2, 0.25) is 5.02 Å². The smallest absolute Gasteiger partial charge is 0.0761 e. The minimum absolute atomic E-state index is 0.509. The molecular formula is C15H18ClN3. The Labute approximate surface area is 118 Å². The van der Waals surface area contributed by atoms with Crippen LogP contribution in [-0.2, 0) is 6.54 Å². The van der Waals surface area contributed by atoms with Gasteiger partial charge in [-0.1, -0.05) is 17.7 Å². The summed E-state index contributed by atoms with van der Waals surface area (Å²) in [5.41, 5.74) is 8.08. The van der Waals surface area contributed by atoms with Crippen LogP contribution in [0.4, 0.5) is 0 Å². The zero-order valence-electron chi connectivity index (χ0n) is 10.8. The van der Waals surface area contributed by atoms with Gasteiger partial charge in [0.05, 0.1) is 5.52 Å². The summed E-state index contributed by atoms with van der Waals surface area (Å²) in [7, 11) is 0. The predicted molar refractivity (Wildman–Crippen MR) is 79.2 cm³/mol. The Morgan fingerprint density at radius 1 is 1.37 bits per heavy atom. The van der Waals surface area contributed by atoms with E-state index in [1.165, 1.54) is 18.4 Å². The fourth-order valence-corrected chi connectivity index (χ4v) is 3.13. The Hall–Kier alpha value is -1.16. The lowest BCUT2D eigenvalue weighted by Crippen LogP contribution is -2.34. The number of nitrogens with zero attached hydrogens (tertiary/aromatic N) is 2. The largest absolute Gasteiger partial charge is 0.329 e. The second-order valence-corrected chi connectivity index (χ2v) is 5.52. The summed E-state index contributed by atoms with van der Waals surface area (Å²) in [6, 6.07) is 8.52. The van der Waals surface area contributed by atoms with Crippen LogP contribution in [0, 0.1) is 0 Å². The van der Waals surface area contributed by atoms with Gasteiger partial charge in [-0.3, -0.25) is 9.88 Å². The summed E-state index contributed by atoms with van der Waals surface area (Å²) in [5.74, 6) is 0. The molecule has 100 valence electrons. The predicted octanol–water partition coefficient (Wildman–Crippen LogP) is 2.81. The molecule has 1 aromatic heterocycles. The van der Waals surface area contributed by atoms with Crippen molar-refractivity contribution in [3.05, 3.63) is 41.0 Å². The van der Waals surface area contributed by atoms with Gasteiger partial charge in [-0.2, -0.15) is 0 Å². The number of fused-ring (bicyclic) bond motifs is 1. The maximum Gasteiger partial charge on any atom is 0.0761 e. The standard InChI is InChI=1S/C15H18ClN3/c16-14-6-5-11(15-13(14)4-1-7-18-15)10-19-8-2-3-12(19)9-17/h1,4-7,12H,2-3,8-10,17H2. The first-order chi connectivity index (χ1) is 9.29. The minimum atomic E-state index is 0.509. The highest BCUT2D eigenvalue weighted by molar-refractivity contribution is 6.35. The molecule has 19 heavy (non-hydrogen) atoms. The third-order valence-corrected chi connectivity index (χ3v) is 4.27. The lowest BCUT2D eigenvalue weighted by Gasteiger charge is -2.23. The summed E-state index contributed by atoms with van der Waals surface area (Å²) < 4.78 is 0. The first kappa shape index (κ1) is 12.9. The van der Waals surface area contributed by atoms with Crippen molar-refractivity contribution >= 4 is 22.5 Å². The zero-order valence-corrected chi connectivity index (χ0v) is 11.6. The Kier molecular flexibility index (Phi) is 3.69. The third-order valence-electron chi connectivity index (χ3n) is 3.94. The van der Waals surface area contributed by atoms with E-state index in [0.29, 0.717) is 6.04 Å². The SMILES string of the molecule is NCC1CCCN1Cc1ccc(Cl)c2cccnc12. The molecule has 0 bridgehead atoms. The average molecular weight is 276 g/mol. The second kappa shape index (κ2) is 5.45. The number of hydrogen-bond acceptors (Lipinski definition) is 3. The van der Waals surface area contributed by atoms with E-state index >= 15 is 0 Å². The Morgan fingerprint density at radius 3 is 3.11 bits per heavy atom. The van der Waals surface area contributed by atoms with Gasteiger partial charge in [-0.05, 0) is 43.1 Å². The van der Waals surface area contributed by atoms with E-state index in [2.05, 4.69) is 16.0 Å². The molecule has 0 radical (unpaired) electrons. The number of hydrogen-bond donors (Lipinski definition) is 1. The van der Waals surface area contributed by atoms with Gasteiger partial charge >= 0.3 is 0 Å². The molecule has 0 spiro atoms. The Balaban J connectivity index is 1.95. The molecule has 2 N–H and O–H groups in total. The van der Waals surface area contributed by atoms with E-state index < -0.39 is 0 Å². The molecular weight excluding hydrogens is 258 g/mol. The first-order valence-corrected chi connectivity index (χ1v) is 7.13. The molecule has 2 heterocycles. The lowest BCUT2D eigenvalue weighted by molar-refractivity contribution is 0.251. The van der Waals surface area contributed by atoms with Crippen LogP contribution in [0.25, 0.3) is 10.9 Å². The minimum Gasteiger partial charge on any atom is -0.329 e. The third kappa shape index (κ3) is 2.46. The highest BCUT2D eigenvalue weighted by Crippen LogP contribution is 2.27. The molecule has 1 aliphatic heterocycles. The van der Waals surface area contributed by atoms with Crippen molar-refractivity contribution in [2.75, 3.05) is 13.1 Å². The molecule has 1 atom stereocenters. The average Bonchev–Trinajstić information content (AvgIpc) is 2.89. The summed E-state index contributed by atoms with van der Waals surface area (Å²) in [6.45, 7) is 2.77. The van der Waals surface area contributed by atoms with Crippen LogP contribution < -0.4 is 5.73 Å². The molecule has 3 rings (SSSR count). The van der Waals surface area contributed by atoms with Gasteiger partial charge in [0.2, 0.25) is 0 Å². The highest BCUT2D eigenvalue weighted by Gasteiger charge is 2.23. The number of benzene rings is 1. The second-order valence-electron chi connectivity index (χ2n) is 5.11. The molecule has 3 nitrogen and oxygen atoms in total. The van der Waals surface area contributed by atoms with E-state index in [4.69, 9.17) is 17.3 Å². The first-order valence-electron chi connectivity index (χ1n) is 6.76. The van der Waals surface area contributed by atoms with Crippen LogP contribution in [0.15, 0.2) is 30.5 Å². The van der Waals surface area contributed by atoms with Crippen LogP contribution in [0.1, 0.15) is 18.4 Å². The molecule has 1 aromatic carbocycles. The molecule has 2 aromatic rings. The van der Waals surface area contributed by atoms with E-state index in [9.17, 15) is 0 Å². The maximum atomic E-state index is 6.23. The van der Waals surface area contributed by atoms with E-state index in [0.717, 1.165) is 35.6 Å². The molecule has 1 unspecified atom stereocenters. The Bertz CT molecular complexity index is 585. The van der Waals surface area contributed by atoms with Crippen molar-refractivity contribution in [3.63, 3.8) is 0 Å². The number of likely N-dealkylation sites (tertiary alicyclic amines) is 1. The van der Waals surface area contributed by atoms with Gasteiger partial charge in [0, 0.05) is 35.7 Å². The number of aromatic nitrogens is 1. The van der Waals surface area contributed by atoms with Crippen molar-refractivity contribution in [2.24, 2.45) is 5.73 Å². The monoisotopic (exact) mass is 275 g/mol. The molecule has 1 aliphatic rings. The summed E-state index contributed by atoms with van der Waals surface area (Å²) in [4.78, 5) is 6.95. The van der Waals surface area contributed by atoms with Crippen molar-refractivity contribution in [3.8, 4) is 0 Å². The molecule has 0 saturated carbocycles. The highest BCUT2D eigenvalue weighted by atomic mass is 35.5. The van der Waals surface area contributed by atoms with E-state index in [1.54, 1.807) is 0 Å². The van der Waals surface area contributed by atoms with Crippen LogP contribution in [0.3, 0.4) is 0 Å². The van der Waals surface area contributed by atoms with Crippen LogP contribution >= 0.6 is 11.6 Å². The van der Waals surface area contributed by atoms with Crippen LogP contribution in [-0.4, -0.2) is 29.0 Å². The van der Waals surface area contributed by atoms with E-state index in [1.807, 2.05) is 24.4 Å². The lowest BCUT2D eigenvalue weighted by atomic mass is 10.1. The molecule has 1 fully saturated rings. The number of pyridine rings is 1. The van der Waals surface area contributed by atoms with Crippen molar-refractivity contribution in [2.45, 2.75) is 25.4 Å². The fourth-order valence-electron chi connectivity index (χ4n) is 2.91. The summed E-state index contributed by atoms with van der Waals surface area (Å²) in [5, 5.41) is 1.80. The quantitative estimate of drug-likeness (QED) is 0.937. The molecule has 4 heteroatoms. The van der Waals surface area contributed by atoms with Crippen molar-refractivity contribution < 1.29 is 0 Å². The molecule has 1 saturated heterocycles. The molecule has 0 amide bonds. The maximum absolute atomic E-state index is 6.23. The number of halogens is 1. The van der Waals surface area contributed by atoms with Crippen molar-refractivity contribution in [1.29, 1.82) is 0 Å². The van der Waals surface area contributed by atoms with Gasteiger partial charge in [0.25, 0.3) is 0 Å². The van der Waals surface area contributed by atoms with Gasteiger partial charge in [-0.15, -0.1) is 0 Å².